The van der Waals surface area contributed by atoms with Crippen molar-refractivity contribution in [2.45, 2.75) is 6.42 Å². The lowest BCUT2D eigenvalue weighted by Gasteiger charge is -2.26. The van der Waals surface area contributed by atoms with Crippen molar-refractivity contribution in [2.75, 3.05) is 57.8 Å². The van der Waals surface area contributed by atoms with Gasteiger partial charge in [-0.2, -0.15) is 0 Å². The molecule has 0 radical (unpaired) electrons. The van der Waals surface area contributed by atoms with E-state index in [1.54, 1.807) is 11.3 Å². The Hall–Kier alpha value is -1.90. The maximum absolute atomic E-state index is 5.90. The van der Waals surface area contributed by atoms with E-state index in [0.717, 1.165) is 63.0 Å². The van der Waals surface area contributed by atoms with Crippen LogP contribution in [0.15, 0.2) is 29.3 Å². The third-order valence-corrected chi connectivity index (χ3v) is 5.01. The molecule has 0 unspecified atom stereocenters. The molecule has 0 bridgehead atoms. The molecule has 0 saturated carbocycles. The lowest BCUT2D eigenvalue weighted by Crippen LogP contribution is -2.37. The average Bonchev–Trinajstić information content (AvgIpc) is 3.06. The number of benzene rings is 1. The molecule has 0 spiro atoms. The Balaban J connectivity index is 1.28. The summed E-state index contributed by atoms with van der Waals surface area (Å²) >= 11 is 1.66. The maximum atomic E-state index is 5.90. The Morgan fingerprint density at radius 3 is 2.96 bits per heavy atom. The molecule has 0 aliphatic carbocycles. The summed E-state index contributed by atoms with van der Waals surface area (Å²) in [6, 6.07) is 8.14. The number of nitrogens with two attached hydrogens (primary N) is 1. The fraction of sp³-hybridized carbons (Fsp3) is 0.529. The van der Waals surface area contributed by atoms with E-state index >= 15 is 0 Å². The zero-order valence-electron chi connectivity index (χ0n) is 14.4. The molecule has 4 N–H and O–H groups in total. The van der Waals surface area contributed by atoms with Gasteiger partial charge in [-0.3, -0.25) is 9.89 Å². The molecule has 3 rings (SSSR count). The van der Waals surface area contributed by atoms with Crippen molar-refractivity contribution in [2.24, 2.45) is 10.7 Å². The lowest BCUT2D eigenvalue weighted by atomic mass is 10.3. The molecule has 1 fully saturated rings. The highest BCUT2D eigenvalue weighted by Crippen LogP contribution is 2.24. The largest absolute Gasteiger partial charge is 0.379 e. The first-order valence-corrected chi connectivity index (χ1v) is 9.56. The summed E-state index contributed by atoms with van der Waals surface area (Å²) in [6.45, 7) is 7.01. The number of rotatable bonds is 8. The van der Waals surface area contributed by atoms with Crippen LogP contribution in [-0.2, 0) is 4.74 Å². The van der Waals surface area contributed by atoms with Crippen LogP contribution in [0.5, 0.6) is 0 Å². The van der Waals surface area contributed by atoms with Crippen molar-refractivity contribution in [1.82, 2.24) is 15.2 Å². The van der Waals surface area contributed by atoms with Crippen LogP contribution >= 0.6 is 11.3 Å². The van der Waals surface area contributed by atoms with Gasteiger partial charge < -0.3 is 21.1 Å². The van der Waals surface area contributed by atoms with E-state index in [1.807, 2.05) is 18.2 Å². The number of nitrogens with zero attached hydrogens (tertiary/aromatic N) is 3. The first-order chi connectivity index (χ1) is 12.3. The summed E-state index contributed by atoms with van der Waals surface area (Å²) in [5.41, 5.74) is 6.93. The molecule has 1 aromatic carbocycles. The third kappa shape index (κ3) is 5.84. The van der Waals surface area contributed by atoms with E-state index in [0.29, 0.717) is 12.5 Å². The topological polar surface area (TPSA) is 87.8 Å². The van der Waals surface area contributed by atoms with Crippen LogP contribution in [0.1, 0.15) is 6.42 Å². The molecule has 1 aliphatic heterocycles. The van der Waals surface area contributed by atoms with Crippen molar-refractivity contribution in [1.29, 1.82) is 0 Å². The first-order valence-electron chi connectivity index (χ1n) is 8.74. The third-order valence-electron chi connectivity index (χ3n) is 4.02. The highest BCUT2D eigenvalue weighted by atomic mass is 32.1. The fourth-order valence-corrected chi connectivity index (χ4v) is 3.57. The number of para-hydroxylation sites is 1. The Morgan fingerprint density at radius 1 is 1.28 bits per heavy atom. The molecule has 1 saturated heterocycles. The number of nitrogens with one attached hydrogen (secondary N) is 2. The minimum absolute atomic E-state index is 0.507. The second-order valence-electron chi connectivity index (χ2n) is 5.91. The SMILES string of the molecule is NC(=NCCCN1CCOCC1)NCCNc1nc2ccccc2s1. The number of fused-ring (bicyclic) bond motifs is 1. The van der Waals surface area contributed by atoms with Gasteiger partial charge in [0.15, 0.2) is 11.1 Å². The van der Waals surface area contributed by atoms with Crippen molar-refractivity contribution in [3.8, 4) is 0 Å². The predicted molar refractivity (Wildman–Crippen MR) is 104 cm³/mol. The molecule has 2 heterocycles. The van der Waals surface area contributed by atoms with Gasteiger partial charge >= 0.3 is 0 Å². The zero-order chi connectivity index (χ0) is 17.3. The summed E-state index contributed by atoms with van der Waals surface area (Å²) in [5.74, 6) is 0.507. The maximum Gasteiger partial charge on any atom is 0.188 e. The lowest BCUT2D eigenvalue weighted by molar-refractivity contribution is 0.0377. The molecule has 0 amide bonds. The molecule has 1 aliphatic rings. The van der Waals surface area contributed by atoms with Gasteiger partial charge in [-0.25, -0.2) is 4.98 Å². The van der Waals surface area contributed by atoms with Crippen molar-refractivity contribution >= 4 is 32.6 Å². The average molecular weight is 363 g/mol. The molecule has 7 nitrogen and oxygen atoms in total. The molecule has 2 aromatic rings. The highest BCUT2D eigenvalue weighted by Gasteiger charge is 2.08. The van der Waals surface area contributed by atoms with Crippen LogP contribution in [0.3, 0.4) is 0 Å². The molecule has 0 atom stereocenters. The number of morpholine rings is 1. The summed E-state index contributed by atoms with van der Waals surface area (Å²) in [6.07, 6.45) is 1.02. The van der Waals surface area contributed by atoms with E-state index < -0.39 is 0 Å². The van der Waals surface area contributed by atoms with Crippen LogP contribution in [0, 0.1) is 0 Å². The van der Waals surface area contributed by atoms with Crippen LogP contribution in [0.2, 0.25) is 0 Å². The monoisotopic (exact) mass is 362 g/mol. The minimum atomic E-state index is 0.507. The Labute approximate surface area is 152 Å². The van der Waals surface area contributed by atoms with Gasteiger partial charge in [0.05, 0.1) is 23.4 Å². The molecule has 25 heavy (non-hydrogen) atoms. The summed E-state index contributed by atoms with van der Waals surface area (Å²) < 4.78 is 6.53. The minimum Gasteiger partial charge on any atom is -0.379 e. The quantitative estimate of drug-likeness (QED) is 0.373. The molecular weight excluding hydrogens is 336 g/mol. The van der Waals surface area contributed by atoms with E-state index in [9.17, 15) is 0 Å². The number of hydrogen-bond acceptors (Lipinski definition) is 6. The highest BCUT2D eigenvalue weighted by molar-refractivity contribution is 7.22. The zero-order valence-corrected chi connectivity index (χ0v) is 15.2. The predicted octanol–water partition coefficient (Wildman–Crippen LogP) is 1.33. The van der Waals surface area contributed by atoms with Crippen molar-refractivity contribution in [3.63, 3.8) is 0 Å². The van der Waals surface area contributed by atoms with Gasteiger partial charge in [-0.1, -0.05) is 23.5 Å². The smallest absolute Gasteiger partial charge is 0.188 e. The van der Waals surface area contributed by atoms with Crippen LogP contribution in [0.4, 0.5) is 5.13 Å². The van der Waals surface area contributed by atoms with E-state index in [4.69, 9.17) is 10.5 Å². The standard InChI is InChI=1S/C17H26N6OS/c18-16(19-6-3-9-23-10-12-24-13-11-23)20-7-8-21-17-22-14-4-1-2-5-15(14)25-17/h1-2,4-5H,3,6-13H2,(H,21,22)(H3,18,19,20). The number of anilines is 1. The number of aromatic nitrogens is 1. The number of guanidine groups is 1. The van der Waals surface area contributed by atoms with Crippen LogP contribution < -0.4 is 16.4 Å². The van der Waals surface area contributed by atoms with Crippen LogP contribution in [0.25, 0.3) is 10.2 Å². The number of thiazole rings is 1. The van der Waals surface area contributed by atoms with Crippen molar-refractivity contribution < 1.29 is 4.74 Å². The Morgan fingerprint density at radius 2 is 2.12 bits per heavy atom. The number of aliphatic imine (C=N–C) groups is 1. The summed E-state index contributed by atoms with van der Waals surface area (Å²) in [7, 11) is 0. The molecular formula is C17H26N6OS. The van der Waals surface area contributed by atoms with Gasteiger partial charge in [0, 0.05) is 39.3 Å². The summed E-state index contributed by atoms with van der Waals surface area (Å²) in [5, 5.41) is 7.38. The number of ether oxygens (including phenoxy) is 1. The Kier molecular flexibility index (Phi) is 6.84. The van der Waals surface area contributed by atoms with E-state index in [-0.39, 0.29) is 0 Å². The fourth-order valence-electron chi connectivity index (χ4n) is 2.68. The van der Waals surface area contributed by atoms with Gasteiger partial charge in [-0.15, -0.1) is 0 Å². The molecule has 136 valence electrons. The normalized spacial score (nSPS) is 16.2. The first kappa shape index (κ1) is 17.9. The molecule has 8 heteroatoms. The van der Waals surface area contributed by atoms with E-state index in [1.165, 1.54) is 4.70 Å². The second-order valence-corrected chi connectivity index (χ2v) is 6.95. The van der Waals surface area contributed by atoms with E-state index in [2.05, 4.69) is 31.6 Å². The Bertz CT molecular complexity index is 650. The second kappa shape index (κ2) is 9.55. The molecule has 1 aromatic heterocycles. The summed E-state index contributed by atoms with van der Waals surface area (Å²) in [4.78, 5) is 11.3. The number of hydrogen-bond donors (Lipinski definition) is 3. The van der Waals surface area contributed by atoms with Crippen molar-refractivity contribution in [3.05, 3.63) is 24.3 Å². The van der Waals surface area contributed by atoms with Gasteiger partial charge in [0.25, 0.3) is 0 Å². The van der Waals surface area contributed by atoms with Crippen LogP contribution in [-0.4, -0.2) is 68.3 Å². The van der Waals surface area contributed by atoms with Gasteiger partial charge in [-0.05, 0) is 18.6 Å². The van der Waals surface area contributed by atoms with Gasteiger partial charge in [0.2, 0.25) is 0 Å². The van der Waals surface area contributed by atoms with Gasteiger partial charge in [0.1, 0.15) is 0 Å².